The highest BCUT2D eigenvalue weighted by molar-refractivity contribution is 6.29. The summed E-state index contributed by atoms with van der Waals surface area (Å²) in [6.07, 6.45) is 1.63. The molecule has 0 aromatic carbocycles. The topological polar surface area (TPSA) is 73.5 Å². The Balaban J connectivity index is 2.65. The molecule has 2 N–H and O–H groups in total. The number of hydrogen-bond acceptors (Lipinski definition) is 4. The minimum absolute atomic E-state index is 0.157. The van der Waals surface area contributed by atoms with Gasteiger partial charge in [-0.2, -0.15) is 5.23 Å². The van der Waals surface area contributed by atoms with Crippen molar-refractivity contribution in [1.29, 1.82) is 0 Å². The van der Waals surface area contributed by atoms with Crippen molar-refractivity contribution in [2.75, 3.05) is 0 Å². The number of halogens is 1. The molecule has 5 nitrogen and oxygen atoms in total. The second-order valence-electron chi connectivity index (χ2n) is 3.95. The number of aryl methyl sites for hydroxylation is 2. The van der Waals surface area contributed by atoms with Gasteiger partial charge in [-0.3, -0.25) is 4.98 Å². The normalized spacial score (nSPS) is 12.5. The number of nitrogens with zero attached hydrogens (tertiary/aromatic N) is 2. The van der Waals surface area contributed by atoms with Gasteiger partial charge in [-0.05, 0) is 26.0 Å². The fourth-order valence-corrected chi connectivity index (χ4v) is 2.00. The second-order valence-corrected chi connectivity index (χ2v) is 4.33. The van der Waals surface area contributed by atoms with Crippen molar-refractivity contribution >= 4 is 17.3 Å². The summed E-state index contributed by atoms with van der Waals surface area (Å²) in [6, 6.07) is 5.19. The van der Waals surface area contributed by atoms with Crippen molar-refractivity contribution in [3.8, 4) is 11.1 Å². The predicted molar refractivity (Wildman–Crippen MR) is 67.7 cm³/mol. The van der Waals surface area contributed by atoms with Gasteiger partial charge in [0.15, 0.2) is 5.69 Å². The van der Waals surface area contributed by atoms with E-state index in [2.05, 4.69) is 9.97 Å². The molecule has 1 unspecified atom stereocenters. The minimum atomic E-state index is -1.02. The summed E-state index contributed by atoms with van der Waals surface area (Å²) in [6.45, 7) is 3.49. The average molecular weight is 266 g/mol. The molecule has 0 aliphatic rings. The molecule has 2 heterocycles. The van der Waals surface area contributed by atoms with Crippen molar-refractivity contribution in [3.05, 3.63) is 46.1 Å². The molecule has 0 saturated carbocycles. The lowest BCUT2D eigenvalue weighted by molar-refractivity contribution is -0.991. The quantitative estimate of drug-likeness (QED) is 0.642. The van der Waals surface area contributed by atoms with Crippen LogP contribution < -0.4 is 5.23 Å². The Morgan fingerprint density at radius 2 is 2.06 bits per heavy atom. The fraction of sp³-hybridized carbons (Fsp3) is 0.167. The molecule has 0 saturated heterocycles. The van der Waals surface area contributed by atoms with Crippen molar-refractivity contribution < 1.29 is 10.4 Å². The van der Waals surface area contributed by atoms with Gasteiger partial charge in [-0.25, -0.2) is 10.2 Å². The molecule has 0 bridgehead atoms. The molecule has 0 spiro atoms. The lowest BCUT2D eigenvalue weighted by atomic mass is 10.1. The number of nitrogens with one attached hydrogen (secondary N) is 1. The summed E-state index contributed by atoms with van der Waals surface area (Å²) in [5, 5.41) is 19.8. The van der Waals surface area contributed by atoms with E-state index < -0.39 is 5.23 Å². The third-order valence-corrected chi connectivity index (χ3v) is 2.80. The van der Waals surface area contributed by atoms with E-state index in [1.807, 2.05) is 19.1 Å². The van der Waals surface area contributed by atoms with Crippen LogP contribution in [0.2, 0.25) is 5.15 Å². The lowest BCUT2D eigenvalue weighted by Gasteiger charge is -2.17. The van der Waals surface area contributed by atoms with Crippen LogP contribution in [0.5, 0.6) is 0 Å². The number of quaternary nitrogens is 1. The van der Waals surface area contributed by atoms with E-state index in [1.54, 1.807) is 19.2 Å². The number of hydrogen-bond donors (Lipinski definition) is 2. The summed E-state index contributed by atoms with van der Waals surface area (Å²) < 4.78 is 0. The van der Waals surface area contributed by atoms with Crippen LogP contribution in [0.4, 0.5) is 5.69 Å². The first kappa shape index (κ1) is 12.9. The first-order valence-electron chi connectivity index (χ1n) is 5.32. The van der Waals surface area contributed by atoms with Crippen molar-refractivity contribution in [2.45, 2.75) is 13.8 Å². The number of aromatic nitrogens is 2. The molecule has 2 aromatic heterocycles. The molecule has 2 aromatic rings. The van der Waals surface area contributed by atoms with Crippen LogP contribution in [-0.2, 0) is 0 Å². The van der Waals surface area contributed by atoms with Gasteiger partial charge in [0.05, 0.1) is 5.56 Å². The summed E-state index contributed by atoms with van der Waals surface area (Å²) >= 11 is 5.88. The third-order valence-electron chi connectivity index (χ3n) is 2.61. The minimum Gasteiger partial charge on any atom is -0.595 e. The molecule has 94 valence electrons. The molecule has 0 aliphatic carbocycles. The maximum Gasteiger partial charge on any atom is 0.193 e. The van der Waals surface area contributed by atoms with Gasteiger partial charge >= 0.3 is 0 Å². The van der Waals surface area contributed by atoms with E-state index in [0.717, 1.165) is 5.69 Å². The van der Waals surface area contributed by atoms with Gasteiger partial charge in [-0.15, -0.1) is 0 Å². The van der Waals surface area contributed by atoms with Crippen LogP contribution in [0, 0.1) is 19.1 Å². The average Bonchev–Trinajstić information content (AvgIpc) is 2.28. The van der Waals surface area contributed by atoms with Gasteiger partial charge in [0.2, 0.25) is 0 Å². The lowest BCUT2D eigenvalue weighted by Crippen LogP contribution is -2.99. The smallest absolute Gasteiger partial charge is 0.193 e. The van der Waals surface area contributed by atoms with E-state index in [1.165, 1.54) is 0 Å². The summed E-state index contributed by atoms with van der Waals surface area (Å²) in [5.74, 6) is 0. The Kier molecular flexibility index (Phi) is 3.58. The summed E-state index contributed by atoms with van der Waals surface area (Å²) in [7, 11) is 0. The van der Waals surface area contributed by atoms with Crippen molar-refractivity contribution in [2.24, 2.45) is 0 Å². The van der Waals surface area contributed by atoms with E-state index in [9.17, 15) is 10.4 Å². The zero-order valence-corrected chi connectivity index (χ0v) is 10.7. The van der Waals surface area contributed by atoms with Gasteiger partial charge in [0.25, 0.3) is 0 Å². The highest BCUT2D eigenvalue weighted by atomic mass is 35.5. The summed E-state index contributed by atoms with van der Waals surface area (Å²) in [5.41, 5.74) is 2.67. The molecular weight excluding hydrogens is 254 g/mol. The summed E-state index contributed by atoms with van der Waals surface area (Å²) in [4.78, 5) is 8.12. The molecular formula is C12H12ClN3O2. The SMILES string of the molecule is Cc1ccc(-c2cc(Cl)nc(C)c2[NH+]([O-])O)cn1. The zero-order chi connectivity index (χ0) is 13.3. The Morgan fingerprint density at radius 3 is 2.61 bits per heavy atom. The molecule has 1 atom stereocenters. The first-order valence-corrected chi connectivity index (χ1v) is 5.70. The van der Waals surface area contributed by atoms with Gasteiger partial charge in [0.1, 0.15) is 10.8 Å². The van der Waals surface area contributed by atoms with Crippen molar-refractivity contribution in [3.63, 3.8) is 0 Å². The van der Waals surface area contributed by atoms with Gasteiger partial charge in [-0.1, -0.05) is 17.7 Å². The van der Waals surface area contributed by atoms with Crippen LogP contribution in [-0.4, -0.2) is 15.2 Å². The molecule has 0 fully saturated rings. The van der Waals surface area contributed by atoms with Crippen LogP contribution in [0.15, 0.2) is 24.4 Å². The van der Waals surface area contributed by atoms with E-state index in [0.29, 0.717) is 16.8 Å². The van der Waals surface area contributed by atoms with E-state index in [-0.39, 0.29) is 10.8 Å². The standard InChI is InChI=1S/C12H12ClN3O2/c1-7-3-4-9(6-14-7)10-5-11(13)15-8(2)12(10)16(17)18/h3-6,16-17H,1-2H3. The largest absolute Gasteiger partial charge is 0.595 e. The maximum absolute atomic E-state index is 11.3. The molecule has 18 heavy (non-hydrogen) atoms. The Bertz CT molecular complexity index is 570. The first-order chi connectivity index (χ1) is 8.49. The third kappa shape index (κ3) is 2.49. The van der Waals surface area contributed by atoms with E-state index >= 15 is 0 Å². The predicted octanol–water partition coefficient (Wildman–Crippen LogP) is 1.82. The van der Waals surface area contributed by atoms with Gasteiger partial charge in [0, 0.05) is 17.5 Å². The Labute approximate surface area is 109 Å². The zero-order valence-electron chi connectivity index (χ0n) is 9.94. The molecule has 0 aliphatic heterocycles. The molecule has 0 amide bonds. The van der Waals surface area contributed by atoms with Crippen molar-refractivity contribution in [1.82, 2.24) is 9.97 Å². The number of rotatable bonds is 2. The maximum atomic E-state index is 11.3. The molecule has 0 radical (unpaired) electrons. The Morgan fingerprint density at radius 1 is 1.33 bits per heavy atom. The van der Waals surface area contributed by atoms with Crippen LogP contribution in [0.1, 0.15) is 11.4 Å². The second kappa shape index (κ2) is 4.99. The van der Waals surface area contributed by atoms with E-state index in [4.69, 9.17) is 11.6 Å². The highest BCUT2D eigenvalue weighted by Gasteiger charge is 2.17. The molecule has 2 rings (SSSR count). The van der Waals surface area contributed by atoms with Crippen LogP contribution in [0.25, 0.3) is 11.1 Å². The Hall–Kier alpha value is -1.53. The highest BCUT2D eigenvalue weighted by Crippen LogP contribution is 2.29. The van der Waals surface area contributed by atoms with Crippen LogP contribution >= 0.6 is 11.6 Å². The fourth-order valence-electron chi connectivity index (χ4n) is 1.76. The number of pyridine rings is 2. The van der Waals surface area contributed by atoms with Crippen LogP contribution in [0.3, 0.4) is 0 Å². The van der Waals surface area contributed by atoms with Gasteiger partial charge < -0.3 is 5.21 Å². The monoisotopic (exact) mass is 265 g/mol. The molecule has 6 heteroatoms.